The maximum atomic E-state index is 3.73. The Morgan fingerprint density at radius 3 is 2.91 bits per heavy atom. The van der Waals surface area contributed by atoms with E-state index in [1.165, 1.54) is 5.52 Å². The Morgan fingerprint density at radius 2 is 2.09 bits per heavy atom. The van der Waals surface area contributed by atoms with Crippen LogP contribution in [0.3, 0.4) is 0 Å². The van der Waals surface area contributed by atoms with Gasteiger partial charge in [-0.25, -0.2) is 0 Å². The van der Waals surface area contributed by atoms with Gasteiger partial charge in [0.1, 0.15) is 0 Å². The summed E-state index contributed by atoms with van der Waals surface area (Å²) in [7, 11) is 0. The molecule has 2 heterocycles. The highest BCUT2D eigenvalue weighted by Gasteiger charge is 1.93. The largest absolute Gasteiger partial charge is 0.317 e. The average Bonchev–Trinajstić information content (AvgIpc) is 2.47. The third-order valence-electron chi connectivity index (χ3n) is 1.80. The van der Waals surface area contributed by atoms with Gasteiger partial charge in [0.05, 0.1) is 0 Å². The normalized spacial score (nSPS) is 10.2. The lowest BCUT2D eigenvalue weighted by atomic mass is 10.4. The van der Waals surface area contributed by atoms with Crippen LogP contribution in [0.4, 0.5) is 0 Å². The van der Waals surface area contributed by atoms with Crippen LogP contribution in [0.1, 0.15) is 5.69 Å². The van der Waals surface area contributed by atoms with Crippen LogP contribution in [-0.2, 0) is 0 Å². The summed E-state index contributed by atoms with van der Waals surface area (Å²) in [5.41, 5.74) is 2.35. The third-order valence-corrected chi connectivity index (χ3v) is 1.80. The highest BCUT2D eigenvalue weighted by Crippen LogP contribution is 2.09. The number of hydrogen-bond acceptors (Lipinski definition) is 0. The standard InChI is InChI=1S/C10H9N/c1-2-9-6-7-10-5-3-4-8-11(9)10/h2-8H,1H2. The van der Waals surface area contributed by atoms with Crippen molar-refractivity contribution in [2.24, 2.45) is 0 Å². The summed E-state index contributed by atoms with van der Waals surface area (Å²) in [6.45, 7) is 3.73. The van der Waals surface area contributed by atoms with Gasteiger partial charge in [0.2, 0.25) is 0 Å². The topological polar surface area (TPSA) is 4.41 Å². The van der Waals surface area contributed by atoms with Crippen molar-refractivity contribution in [3.05, 3.63) is 48.8 Å². The van der Waals surface area contributed by atoms with Gasteiger partial charge in [-0.15, -0.1) is 0 Å². The van der Waals surface area contributed by atoms with E-state index in [0.717, 1.165) is 5.69 Å². The van der Waals surface area contributed by atoms with Crippen LogP contribution >= 0.6 is 0 Å². The summed E-state index contributed by atoms with van der Waals surface area (Å²) < 4.78 is 2.10. The molecule has 0 unspecified atom stereocenters. The molecule has 2 rings (SSSR count). The molecule has 1 nitrogen and oxygen atoms in total. The summed E-state index contributed by atoms with van der Waals surface area (Å²) in [5.74, 6) is 0. The number of aromatic nitrogens is 1. The highest BCUT2D eigenvalue weighted by molar-refractivity contribution is 5.56. The fourth-order valence-corrected chi connectivity index (χ4v) is 1.24. The first-order valence-electron chi connectivity index (χ1n) is 3.60. The van der Waals surface area contributed by atoms with Crippen LogP contribution in [0.25, 0.3) is 11.6 Å². The molecule has 11 heavy (non-hydrogen) atoms. The zero-order chi connectivity index (χ0) is 7.68. The maximum absolute atomic E-state index is 3.73. The third kappa shape index (κ3) is 0.855. The van der Waals surface area contributed by atoms with E-state index >= 15 is 0 Å². The highest BCUT2D eigenvalue weighted by atomic mass is 14.9. The molecule has 0 aliphatic carbocycles. The molecule has 0 bridgehead atoms. The molecular weight excluding hydrogens is 134 g/mol. The van der Waals surface area contributed by atoms with E-state index in [0.29, 0.717) is 0 Å². The molecule has 0 atom stereocenters. The van der Waals surface area contributed by atoms with E-state index in [1.807, 2.05) is 24.4 Å². The predicted octanol–water partition coefficient (Wildman–Crippen LogP) is 2.58. The summed E-state index contributed by atoms with van der Waals surface area (Å²) in [6.07, 6.45) is 3.89. The fraction of sp³-hybridized carbons (Fsp3) is 0. The van der Waals surface area contributed by atoms with Crippen LogP contribution in [0.15, 0.2) is 43.1 Å². The van der Waals surface area contributed by atoms with Crippen molar-refractivity contribution in [2.45, 2.75) is 0 Å². The van der Waals surface area contributed by atoms with E-state index < -0.39 is 0 Å². The summed E-state index contributed by atoms with van der Waals surface area (Å²) in [6, 6.07) is 10.3. The molecule has 0 saturated heterocycles. The van der Waals surface area contributed by atoms with Crippen molar-refractivity contribution < 1.29 is 0 Å². The Hall–Kier alpha value is -1.50. The fourth-order valence-electron chi connectivity index (χ4n) is 1.24. The Kier molecular flexibility index (Phi) is 1.29. The number of rotatable bonds is 1. The van der Waals surface area contributed by atoms with Crippen molar-refractivity contribution in [2.75, 3.05) is 0 Å². The van der Waals surface area contributed by atoms with Gasteiger partial charge in [-0.2, -0.15) is 0 Å². The maximum Gasteiger partial charge on any atom is 0.0456 e. The van der Waals surface area contributed by atoms with Gasteiger partial charge in [0.25, 0.3) is 0 Å². The Labute approximate surface area is 65.6 Å². The molecular formula is C10H9N. The molecule has 0 radical (unpaired) electrons. The van der Waals surface area contributed by atoms with E-state index in [2.05, 4.69) is 29.2 Å². The second kappa shape index (κ2) is 2.27. The molecule has 2 aromatic heterocycles. The van der Waals surface area contributed by atoms with Crippen LogP contribution in [0.2, 0.25) is 0 Å². The van der Waals surface area contributed by atoms with Crippen molar-refractivity contribution >= 4 is 11.6 Å². The Morgan fingerprint density at radius 1 is 1.18 bits per heavy atom. The lowest BCUT2D eigenvalue weighted by Gasteiger charge is -1.94. The van der Waals surface area contributed by atoms with Gasteiger partial charge < -0.3 is 4.40 Å². The lowest BCUT2D eigenvalue weighted by Crippen LogP contribution is -1.83. The smallest absolute Gasteiger partial charge is 0.0456 e. The van der Waals surface area contributed by atoms with Crippen molar-refractivity contribution in [1.82, 2.24) is 4.40 Å². The number of nitrogens with zero attached hydrogens (tertiary/aromatic N) is 1. The molecule has 0 aliphatic heterocycles. The zero-order valence-corrected chi connectivity index (χ0v) is 6.20. The van der Waals surface area contributed by atoms with Gasteiger partial charge in [-0.05, 0) is 30.3 Å². The molecule has 1 heteroatoms. The zero-order valence-electron chi connectivity index (χ0n) is 6.20. The monoisotopic (exact) mass is 143 g/mol. The van der Waals surface area contributed by atoms with Crippen LogP contribution in [0.5, 0.6) is 0 Å². The van der Waals surface area contributed by atoms with Gasteiger partial charge in [-0.1, -0.05) is 12.6 Å². The second-order valence-electron chi connectivity index (χ2n) is 2.46. The molecule has 0 spiro atoms. The van der Waals surface area contributed by atoms with E-state index in [1.54, 1.807) is 0 Å². The average molecular weight is 143 g/mol. The number of fused-ring (bicyclic) bond motifs is 1. The molecule has 0 aliphatic rings. The quantitative estimate of drug-likeness (QED) is 0.578. The first-order valence-corrected chi connectivity index (χ1v) is 3.60. The van der Waals surface area contributed by atoms with E-state index in [9.17, 15) is 0 Å². The lowest BCUT2D eigenvalue weighted by molar-refractivity contribution is 1.18. The molecule has 0 fully saturated rings. The molecule has 0 saturated carbocycles. The first kappa shape index (κ1) is 6.23. The molecule has 2 aromatic rings. The summed E-state index contributed by atoms with van der Waals surface area (Å²) in [5, 5.41) is 0. The SMILES string of the molecule is C=Cc1ccc2ccccn12. The molecule has 0 amide bonds. The Bertz CT molecular complexity index is 384. The predicted molar refractivity (Wildman–Crippen MR) is 47.5 cm³/mol. The van der Waals surface area contributed by atoms with Crippen LogP contribution in [-0.4, -0.2) is 4.40 Å². The molecule has 54 valence electrons. The van der Waals surface area contributed by atoms with Crippen molar-refractivity contribution in [1.29, 1.82) is 0 Å². The number of hydrogen-bond donors (Lipinski definition) is 0. The minimum atomic E-state index is 1.14. The van der Waals surface area contributed by atoms with Crippen molar-refractivity contribution in [3.8, 4) is 0 Å². The number of pyridine rings is 1. The van der Waals surface area contributed by atoms with Crippen LogP contribution < -0.4 is 0 Å². The van der Waals surface area contributed by atoms with Gasteiger partial charge in [0, 0.05) is 17.4 Å². The molecule has 0 N–H and O–H groups in total. The van der Waals surface area contributed by atoms with Crippen LogP contribution in [0, 0.1) is 0 Å². The first-order chi connectivity index (χ1) is 5.42. The van der Waals surface area contributed by atoms with E-state index in [4.69, 9.17) is 0 Å². The van der Waals surface area contributed by atoms with Gasteiger partial charge >= 0.3 is 0 Å². The Balaban J connectivity index is 2.86. The van der Waals surface area contributed by atoms with Crippen molar-refractivity contribution in [3.63, 3.8) is 0 Å². The minimum Gasteiger partial charge on any atom is -0.317 e. The molecule has 0 aromatic carbocycles. The summed E-state index contributed by atoms with van der Waals surface area (Å²) in [4.78, 5) is 0. The van der Waals surface area contributed by atoms with Gasteiger partial charge in [0.15, 0.2) is 0 Å². The van der Waals surface area contributed by atoms with E-state index in [-0.39, 0.29) is 0 Å². The second-order valence-corrected chi connectivity index (χ2v) is 2.46. The summed E-state index contributed by atoms with van der Waals surface area (Å²) >= 11 is 0. The van der Waals surface area contributed by atoms with Gasteiger partial charge in [-0.3, -0.25) is 0 Å². The minimum absolute atomic E-state index is 1.14.